The molecule has 0 saturated carbocycles. The molecule has 1 unspecified atom stereocenters. The largest absolute Gasteiger partial charge is 0.464 e. The fourth-order valence-corrected chi connectivity index (χ4v) is 2.44. The number of nitrogens with one attached hydrogen (secondary N) is 1. The van der Waals surface area contributed by atoms with Gasteiger partial charge in [-0.1, -0.05) is 30.3 Å². The second kappa shape index (κ2) is 11.9. The van der Waals surface area contributed by atoms with E-state index in [0.29, 0.717) is 0 Å². The molecule has 0 aromatic heterocycles. The van der Waals surface area contributed by atoms with Crippen LogP contribution in [0.15, 0.2) is 30.3 Å². The molecule has 0 spiro atoms. The molecular formula is C17H23NO9S. The number of esters is 2. The first-order valence-corrected chi connectivity index (χ1v) is 9.93. The standard InChI is InChI=1S/C17H23NO9S/c1-3-25-16(20)14(12-26-15(19)9-10-28(22,23)24-2)18-17(21)27-11-13-7-5-4-6-8-13/h4-8,14H,3,9-12H2,1-2H3,(H,18,21). The molecule has 1 amide bonds. The van der Waals surface area contributed by atoms with Crippen molar-refractivity contribution in [3.05, 3.63) is 35.9 Å². The van der Waals surface area contributed by atoms with Gasteiger partial charge in [0.05, 0.1) is 25.9 Å². The number of alkyl carbamates (subject to hydrolysis) is 1. The fraction of sp³-hybridized carbons (Fsp3) is 0.471. The number of amides is 1. The molecule has 0 heterocycles. The summed E-state index contributed by atoms with van der Waals surface area (Å²) in [6.45, 7) is 1.07. The van der Waals surface area contributed by atoms with Gasteiger partial charge in [0.2, 0.25) is 0 Å². The van der Waals surface area contributed by atoms with Crippen molar-refractivity contribution in [2.45, 2.75) is 26.0 Å². The van der Waals surface area contributed by atoms with Crippen LogP contribution in [0.5, 0.6) is 0 Å². The normalized spacial score (nSPS) is 11.9. The van der Waals surface area contributed by atoms with Crippen molar-refractivity contribution in [2.24, 2.45) is 0 Å². The number of carbonyl (C=O) groups excluding carboxylic acids is 3. The van der Waals surface area contributed by atoms with E-state index in [4.69, 9.17) is 14.2 Å². The highest BCUT2D eigenvalue weighted by Gasteiger charge is 2.25. The highest BCUT2D eigenvalue weighted by atomic mass is 32.2. The quantitative estimate of drug-likeness (QED) is 0.314. The van der Waals surface area contributed by atoms with Crippen molar-refractivity contribution in [3.63, 3.8) is 0 Å². The zero-order chi connectivity index (χ0) is 21.0. The van der Waals surface area contributed by atoms with Gasteiger partial charge in [0, 0.05) is 0 Å². The van der Waals surface area contributed by atoms with Crippen LogP contribution in [0.2, 0.25) is 0 Å². The van der Waals surface area contributed by atoms with Crippen molar-refractivity contribution in [3.8, 4) is 0 Å². The Morgan fingerprint density at radius 1 is 1.07 bits per heavy atom. The van der Waals surface area contributed by atoms with Gasteiger partial charge in [-0.05, 0) is 12.5 Å². The maximum atomic E-state index is 11.9. The van der Waals surface area contributed by atoms with Crippen LogP contribution >= 0.6 is 0 Å². The van der Waals surface area contributed by atoms with E-state index < -0.39 is 53.0 Å². The first-order chi connectivity index (χ1) is 13.3. The average molecular weight is 417 g/mol. The molecule has 0 aliphatic heterocycles. The SMILES string of the molecule is CCOC(=O)C(COC(=O)CCS(=O)(=O)OC)NC(=O)OCc1ccccc1. The van der Waals surface area contributed by atoms with Gasteiger partial charge < -0.3 is 19.5 Å². The van der Waals surface area contributed by atoms with Gasteiger partial charge >= 0.3 is 18.0 Å². The Labute approximate surface area is 163 Å². The highest BCUT2D eigenvalue weighted by Crippen LogP contribution is 2.02. The van der Waals surface area contributed by atoms with Gasteiger partial charge in [-0.15, -0.1) is 0 Å². The molecular weight excluding hydrogens is 394 g/mol. The molecule has 0 bridgehead atoms. The van der Waals surface area contributed by atoms with Gasteiger partial charge in [-0.25, -0.2) is 9.59 Å². The number of benzene rings is 1. The fourth-order valence-electron chi connectivity index (χ4n) is 1.86. The van der Waals surface area contributed by atoms with Crippen LogP contribution in [0.4, 0.5) is 4.79 Å². The molecule has 1 N–H and O–H groups in total. The van der Waals surface area contributed by atoms with Crippen LogP contribution in [0, 0.1) is 0 Å². The van der Waals surface area contributed by atoms with Crippen molar-refractivity contribution >= 4 is 28.1 Å². The molecule has 0 aliphatic carbocycles. The van der Waals surface area contributed by atoms with Gasteiger partial charge in [0.1, 0.15) is 13.2 Å². The molecule has 1 aromatic carbocycles. The van der Waals surface area contributed by atoms with E-state index >= 15 is 0 Å². The van der Waals surface area contributed by atoms with Gasteiger partial charge in [-0.3, -0.25) is 8.98 Å². The molecule has 0 fully saturated rings. The minimum Gasteiger partial charge on any atom is -0.464 e. The molecule has 1 rings (SSSR count). The Morgan fingerprint density at radius 3 is 2.36 bits per heavy atom. The molecule has 0 radical (unpaired) electrons. The number of carbonyl (C=O) groups is 3. The smallest absolute Gasteiger partial charge is 0.408 e. The van der Waals surface area contributed by atoms with Crippen LogP contribution < -0.4 is 5.32 Å². The van der Waals surface area contributed by atoms with E-state index in [1.54, 1.807) is 31.2 Å². The molecule has 0 aliphatic rings. The third-order valence-corrected chi connectivity index (χ3v) is 4.51. The van der Waals surface area contributed by atoms with Crippen molar-refractivity contribution < 1.29 is 41.2 Å². The zero-order valence-electron chi connectivity index (χ0n) is 15.6. The van der Waals surface area contributed by atoms with Gasteiger partial charge in [-0.2, -0.15) is 8.42 Å². The first kappa shape index (κ1) is 23.4. The Kier molecular flexibility index (Phi) is 9.96. The average Bonchev–Trinajstić information content (AvgIpc) is 2.69. The van der Waals surface area contributed by atoms with Crippen LogP contribution in [0.3, 0.4) is 0 Å². The molecule has 28 heavy (non-hydrogen) atoms. The zero-order valence-corrected chi connectivity index (χ0v) is 16.4. The summed E-state index contributed by atoms with van der Waals surface area (Å²) < 4.78 is 41.3. The summed E-state index contributed by atoms with van der Waals surface area (Å²) in [7, 11) is -2.84. The van der Waals surface area contributed by atoms with Crippen LogP contribution in [0.25, 0.3) is 0 Å². The lowest BCUT2D eigenvalue weighted by atomic mass is 10.2. The van der Waals surface area contributed by atoms with Crippen molar-refractivity contribution in [1.82, 2.24) is 5.32 Å². The lowest BCUT2D eigenvalue weighted by Gasteiger charge is -2.17. The lowest BCUT2D eigenvalue weighted by molar-refractivity contribution is -0.151. The highest BCUT2D eigenvalue weighted by molar-refractivity contribution is 7.86. The second-order valence-electron chi connectivity index (χ2n) is 5.37. The van der Waals surface area contributed by atoms with Crippen LogP contribution in [-0.2, 0) is 44.7 Å². The Hall–Kier alpha value is -2.66. The van der Waals surface area contributed by atoms with E-state index in [0.717, 1.165) is 12.7 Å². The predicted octanol–water partition coefficient (Wildman–Crippen LogP) is 0.754. The van der Waals surface area contributed by atoms with E-state index in [1.165, 1.54) is 0 Å². The molecule has 11 heteroatoms. The maximum Gasteiger partial charge on any atom is 0.408 e. The number of ether oxygens (including phenoxy) is 3. The predicted molar refractivity (Wildman–Crippen MR) is 96.6 cm³/mol. The second-order valence-corrected chi connectivity index (χ2v) is 7.23. The van der Waals surface area contributed by atoms with Crippen LogP contribution in [0.1, 0.15) is 18.9 Å². The summed E-state index contributed by atoms with van der Waals surface area (Å²) in [5.74, 6) is -2.27. The van der Waals surface area contributed by atoms with Crippen molar-refractivity contribution in [2.75, 3.05) is 26.1 Å². The maximum absolute atomic E-state index is 11.9. The molecule has 156 valence electrons. The molecule has 1 atom stereocenters. The number of hydrogen-bond acceptors (Lipinski definition) is 9. The van der Waals surface area contributed by atoms with Crippen molar-refractivity contribution in [1.29, 1.82) is 0 Å². The summed E-state index contributed by atoms with van der Waals surface area (Å²) in [4.78, 5) is 35.5. The summed E-state index contributed by atoms with van der Waals surface area (Å²) in [5.41, 5.74) is 0.746. The first-order valence-electron chi connectivity index (χ1n) is 8.35. The van der Waals surface area contributed by atoms with Gasteiger partial charge in [0.25, 0.3) is 10.1 Å². The lowest BCUT2D eigenvalue weighted by Crippen LogP contribution is -2.45. The summed E-state index contributed by atoms with van der Waals surface area (Å²) >= 11 is 0. The summed E-state index contributed by atoms with van der Waals surface area (Å²) in [6, 6.07) is 7.58. The van der Waals surface area contributed by atoms with E-state index in [9.17, 15) is 22.8 Å². The minimum absolute atomic E-state index is 0.0170. The summed E-state index contributed by atoms with van der Waals surface area (Å²) in [5, 5.41) is 2.25. The minimum atomic E-state index is -3.81. The number of rotatable bonds is 11. The van der Waals surface area contributed by atoms with E-state index in [-0.39, 0.29) is 13.2 Å². The molecule has 0 saturated heterocycles. The third kappa shape index (κ3) is 9.33. The van der Waals surface area contributed by atoms with Crippen LogP contribution in [-0.4, -0.2) is 58.6 Å². The van der Waals surface area contributed by atoms with E-state index in [1.807, 2.05) is 6.07 Å². The Balaban J connectivity index is 2.54. The molecule has 1 aromatic rings. The Morgan fingerprint density at radius 2 is 1.75 bits per heavy atom. The monoisotopic (exact) mass is 417 g/mol. The Bertz CT molecular complexity index is 749. The summed E-state index contributed by atoms with van der Waals surface area (Å²) in [6.07, 6.45) is -1.37. The molecule has 10 nitrogen and oxygen atoms in total. The van der Waals surface area contributed by atoms with Gasteiger partial charge in [0.15, 0.2) is 6.04 Å². The number of hydrogen-bond donors (Lipinski definition) is 1. The third-order valence-electron chi connectivity index (χ3n) is 3.30. The topological polar surface area (TPSA) is 134 Å². The van der Waals surface area contributed by atoms with E-state index in [2.05, 4.69) is 9.50 Å².